The van der Waals surface area contributed by atoms with Gasteiger partial charge in [0.2, 0.25) is 0 Å². The van der Waals surface area contributed by atoms with Crippen molar-refractivity contribution in [3.05, 3.63) is 76.9 Å². The van der Waals surface area contributed by atoms with E-state index in [1.807, 2.05) is 24.3 Å². The predicted molar refractivity (Wildman–Crippen MR) is 127 cm³/mol. The molecule has 2 aliphatic rings. The summed E-state index contributed by atoms with van der Waals surface area (Å²) < 4.78 is 5.42. The van der Waals surface area contributed by atoms with Gasteiger partial charge in [0.1, 0.15) is 6.61 Å². The molecule has 1 N–H and O–H groups in total. The van der Waals surface area contributed by atoms with Gasteiger partial charge in [0.05, 0.1) is 13.2 Å². The van der Waals surface area contributed by atoms with E-state index < -0.39 is 6.61 Å². The molecule has 2 aromatic rings. The van der Waals surface area contributed by atoms with Crippen molar-refractivity contribution in [3.63, 3.8) is 0 Å². The summed E-state index contributed by atoms with van der Waals surface area (Å²) >= 11 is 0. The maximum atomic E-state index is 11.6. The molecule has 32 heavy (non-hydrogen) atoms. The van der Waals surface area contributed by atoms with Crippen LogP contribution in [0.4, 0.5) is 0 Å². The van der Waals surface area contributed by atoms with Crippen molar-refractivity contribution < 1.29 is 14.6 Å². The third-order valence-electron chi connectivity index (χ3n) is 6.66. The molecule has 0 saturated carbocycles. The molecule has 0 aliphatic carbocycles. The highest BCUT2D eigenvalue weighted by Crippen LogP contribution is 2.24. The van der Waals surface area contributed by atoms with Gasteiger partial charge in [-0.2, -0.15) is 0 Å². The molecule has 4 rings (SSSR count). The van der Waals surface area contributed by atoms with Gasteiger partial charge in [0.15, 0.2) is 5.78 Å². The third kappa shape index (κ3) is 5.54. The first-order valence-electron chi connectivity index (χ1n) is 11.6. The summed E-state index contributed by atoms with van der Waals surface area (Å²) in [4.78, 5) is 16.7. The highest BCUT2D eigenvalue weighted by atomic mass is 16.5. The van der Waals surface area contributed by atoms with Crippen LogP contribution in [-0.2, 0) is 17.8 Å². The largest absolute Gasteiger partial charge is 0.388 e. The molecule has 5 nitrogen and oxygen atoms in total. The number of rotatable bonds is 7. The minimum absolute atomic E-state index is 0.232. The maximum absolute atomic E-state index is 11.6. The molecular formula is C27H34N2O3. The first-order valence-corrected chi connectivity index (χ1v) is 11.6. The molecule has 0 bridgehead atoms. The predicted octanol–water partition coefficient (Wildman–Crippen LogP) is 3.76. The van der Waals surface area contributed by atoms with Gasteiger partial charge in [-0.3, -0.25) is 14.6 Å². The molecule has 0 amide bonds. The van der Waals surface area contributed by atoms with Crippen LogP contribution in [0, 0.1) is 0 Å². The Balaban J connectivity index is 1.33. The van der Waals surface area contributed by atoms with Crippen LogP contribution < -0.4 is 0 Å². The lowest BCUT2D eigenvalue weighted by atomic mass is 9.99. The van der Waals surface area contributed by atoms with Crippen molar-refractivity contribution >= 4 is 11.4 Å². The molecule has 0 aromatic heterocycles. The highest BCUT2D eigenvalue weighted by molar-refractivity contribution is 5.96. The number of nitrogens with zero attached hydrogens (tertiary/aromatic N) is 2. The molecule has 5 heteroatoms. The van der Waals surface area contributed by atoms with E-state index in [9.17, 15) is 4.79 Å². The first kappa shape index (κ1) is 22.9. The lowest BCUT2D eigenvalue weighted by Gasteiger charge is -2.44. The second-order valence-electron chi connectivity index (χ2n) is 9.09. The van der Waals surface area contributed by atoms with Crippen LogP contribution >= 0.6 is 0 Å². The fraction of sp³-hybridized carbons (Fsp3) is 0.444. The van der Waals surface area contributed by atoms with Crippen LogP contribution in [0.3, 0.4) is 0 Å². The quantitative estimate of drug-likeness (QED) is 0.673. The van der Waals surface area contributed by atoms with E-state index in [1.165, 1.54) is 22.3 Å². The van der Waals surface area contributed by atoms with E-state index in [-0.39, 0.29) is 5.78 Å². The molecule has 170 valence electrons. The Morgan fingerprint density at radius 3 is 2.19 bits per heavy atom. The molecule has 2 aromatic carbocycles. The van der Waals surface area contributed by atoms with Crippen molar-refractivity contribution in [2.24, 2.45) is 0 Å². The van der Waals surface area contributed by atoms with Crippen LogP contribution in [0.25, 0.3) is 5.57 Å². The zero-order valence-electron chi connectivity index (χ0n) is 19.2. The van der Waals surface area contributed by atoms with Crippen LogP contribution in [0.2, 0.25) is 0 Å². The van der Waals surface area contributed by atoms with Crippen LogP contribution in [0.1, 0.15) is 47.3 Å². The number of carbonyl (C=O) groups is 1. The van der Waals surface area contributed by atoms with E-state index in [2.05, 4.69) is 54.0 Å². The lowest BCUT2D eigenvalue weighted by molar-refractivity contribution is 0.0290. The van der Waals surface area contributed by atoms with Crippen molar-refractivity contribution in [1.82, 2.24) is 9.80 Å². The summed E-state index contributed by atoms with van der Waals surface area (Å²) in [5.41, 5.74) is 5.84. The zero-order valence-corrected chi connectivity index (χ0v) is 19.2. The molecule has 0 unspecified atom stereocenters. The van der Waals surface area contributed by atoms with Crippen LogP contribution in [0.5, 0.6) is 0 Å². The maximum Gasteiger partial charge on any atom is 0.188 e. The second-order valence-corrected chi connectivity index (χ2v) is 9.09. The summed E-state index contributed by atoms with van der Waals surface area (Å²) in [5, 5.41) is 9.02. The highest BCUT2D eigenvalue weighted by Gasteiger charge is 2.29. The number of piperazine rings is 1. The van der Waals surface area contributed by atoms with Gasteiger partial charge >= 0.3 is 0 Å². The van der Waals surface area contributed by atoms with E-state index in [1.54, 1.807) is 0 Å². The Hall–Kier alpha value is -2.31. The topological polar surface area (TPSA) is 53.0 Å². The Morgan fingerprint density at radius 2 is 1.59 bits per heavy atom. The number of Topliss-reactive ketones (excluding diaryl/α,β-unsaturated/α-hetero) is 1. The lowest BCUT2D eigenvalue weighted by Crippen LogP contribution is -2.55. The van der Waals surface area contributed by atoms with Crippen LogP contribution in [0.15, 0.2) is 54.6 Å². The third-order valence-corrected chi connectivity index (χ3v) is 6.66. The average molecular weight is 435 g/mol. The Kier molecular flexibility index (Phi) is 7.53. The van der Waals surface area contributed by atoms with Gasteiger partial charge in [-0.15, -0.1) is 0 Å². The zero-order chi connectivity index (χ0) is 22.5. The Bertz CT molecular complexity index is 924. The van der Waals surface area contributed by atoms with Crippen molar-refractivity contribution in [1.29, 1.82) is 0 Å². The molecule has 2 heterocycles. The second kappa shape index (κ2) is 10.5. The number of aliphatic hydroxyl groups is 1. The van der Waals surface area contributed by atoms with Gasteiger partial charge in [-0.1, -0.05) is 54.6 Å². The number of aliphatic hydroxyl groups excluding tert-OH is 1. The summed E-state index contributed by atoms with van der Waals surface area (Å²) in [5.74, 6) is -0.232. The molecule has 1 fully saturated rings. The van der Waals surface area contributed by atoms with Gasteiger partial charge in [-0.25, -0.2) is 0 Å². The summed E-state index contributed by atoms with van der Waals surface area (Å²) in [6, 6.07) is 17.6. The minimum atomic E-state index is -0.440. The normalized spacial score (nSPS) is 22.5. The molecular weight excluding hydrogens is 400 g/mol. The monoisotopic (exact) mass is 434 g/mol. The van der Waals surface area contributed by atoms with Crippen molar-refractivity contribution in [2.45, 2.75) is 45.4 Å². The van der Waals surface area contributed by atoms with E-state index in [4.69, 9.17) is 9.84 Å². The standard InChI is InChI=1S/C27H34N2O3/c1-20-15-28(17-22-3-7-24(8-4-22)25-11-13-32-14-12-25)16-21(2)29(20)18-23-5-9-26(10-6-23)27(31)19-30/h3-11,20-21,30H,12-19H2,1-2H3/t20-,21+. The number of carbonyl (C=O) groups excluding carboxylic acids is 1. The molecule has 0 radical (unpaired) electrons. The minimum Gasteiger partial charge on any atom is -0.388 e. The van der Waals surface area contributed by atoms with Crippen LogP contribution in [-0.4, -0.2) is 65.7 Å². The summed E-state index contributed by atoms with van der Waals surface area (Å²) in [6.07, 6.45) is 3.19. The summed E-state index contributed by atoms with van der Waals surface area (Å²) in [7, 11) is 0. The first-order chi connectivity index (χ1) is 15.5. The SMILES string of the molecule is C[C@@H]1CN(Cc2ccc(C3=CCOCC3)cc2)C[C@H](C)N1Cc1ccc(C(=O)CO)cc1. The van der Waals surface area contributed by atoms with E-state index >= 15 is 0 Å². The molecule has 0 spiro atoms. The molecule has 2 aliphatic heterocycles. The van der Waals surface area contributed by atoms with Gasteiger partial charge in [0.25, 0.3) is 0 Å². The fourth-order valence-corrected chi connectivity index (χ4v) is 4.88. The Morgan fingerprint density at radius 1 is 0.969 bits per heavy atom. The van der Waals surface area contributed by atoms with E-state index in [0.717, 1.165) is 45.8 Å². The number of ketones is 1. The molecule has 1 saturated heterocycles. The number of ether oxygens (including phenoxy) is 1. The van der Waals surface area contributed by atoms with Gasteiger partial charge < -0.3 is 9.84 Å². The van der Waals surface area contributed by atoms with Gasteiger partial charge in [0, 0.05) is 43.8 Å². The number of hydrogen-bond donors (Lipinski definition) is 1. The smallest absolute Gasteiger partial charge is 0.188 e. The number of benzene rings is 2. The molecule has 2 atom stereocenters. The number of hydrogen-bond acceptors (Lipinski definition) is 5. The van der Waals surface area contributed by atoms with Gasteiger partial charge in [-0.05, 0) is 42.5 Å². The Labute approximate surface area is 191 Å². The van der Waals surface area contributed by atoms with Crippen molar-refractivity contribution in [2.75, 3.05) is 32.9 Å². The fourth-order valence-electron chi connectivity index (χ4n) is 4.88. The summed E-state index contributed by atoms with van der Waals surface area (Å²) in [6.45, 7) is 9.62. The van der Waals surface area contributed by atoms with E-state index in [0.29, 0.717) is 17.6 Å². The average Bonchev–Trinajstić information content (AvgIpc) is 2.82. The van der Waals surface area contributed by atoms with Crippen molar-refractivity contribution in [3.8, 4) is 0 Å².